The van der Waals surface area contributed by atoms with Gasteiger partial charge in [0, 0.05) is 15.7 Å². The summed E-state index contributed by atoms with van der Waals surface area (Å²) in [4.78, 5) is 50.6. The second-order valence-electron chi connectivity index (χ2n) is 7.79. The van der Waals surface area contributed by atoms with Crippen LogP contribution in [0, 0.1) is 13.8 Å². The fourth-order valence-corrected chi connectivity index (χ4v) is 3.32. The average molecular weight is 530 g/mol. The summed E-state index contributed by atoms with van der Waals surface area (Å²) in [6.45, 7) is 3.71. The third kappa shape index (κ3) is 6.84. The SMILES string of the molecule is Cc1ccc(NC(=O)[C@H](OC(=O)c2ccc(Cl)cc2)[C@@H](OC(=O)c2ccc(Cl)cc2)C(=O)O)cc1C. The van der Waals surface area contributed by atoms with Crippen molar-refractivity contribution in [3.8, 4) is 0 Å². The first-order valence-electron chi connectivity index (χ1n) is 10.6. The van der Waals surface area contributed by atoms with Crippen LogP contribution in [0.2, 0.25) is 10.0 Å². The third-order valence-corrected chi connectivity index (χ3v) is 5.68. The lowest BCUT2D eigenvalue weighted by Gasteiger charge is -2.23. The van der Waals surface area contributed by atoms with Gasteiger partial charge in [0.15, 0.2) is 0 Å². The first-order valence-corrected chi connectivity index (χ1v) is 11.3. The molecule has 0 aliphatic carbocycles. The van der Waals surface area contributed by atoms with Gasteiger partial charge in [-0.1, -0.05) is 29.3 Å². The Morgan fingerprint density at radius 3 is 1.64 bits per heavy atom. The maximum absolute atomic E-state index is 13.2. The zero-order valence-corrected chi connectivity index (χ0v) is 20.7. The van der Waals surface area contributed by atoms with E-state index in [0.717, 1.165) is 11.1 Å². The van der Waals surface area contributed by atoms with E-state index >= 15 is 0 Å². The summed E-state index contributed by atoms with van der Waals surface area (Å²) in [5.74, 6) is -4.76. The normalized spacial score (nSPS) is 12.2. The molecule has 0 unspecified atom stereocenters. The molecule has 3 rings (SSSR count). The smallest absolute Gasteiger partial charge is 0.349 e. The fraction of sp³-hybridized carbons (Fsp3) is 0.154. The molecule has 186 valence electrons. The zero-order valence-electron chi connectivity index (χ0n) is 19.2. The number of hydrogen-bond donors (Lipinski definition) is 2. The summed E-state index contributed by atoms with van der Waals surface area (Å²) in [6.07, 6.45) is -4.18. The van der Waals surface area contributed by atoms with Gasteiger partial charge in [0.2, 0.25) is 12.2 Å². The second-order valence-corrected chi connectivity index (χ2v) is 8.67. The van der Waals surface area contributed by atoms with Crippen LogP contribution in [0.3, 0.4) is 0 Å². The van der Waals surface area contributed by atoms with E-state index in [1.54, 1.807) is 18.2 Å². The van der Waals surface area contributed by atoms with Gasteiger partial charge in [-0.25, -0.2) is 14.4 Å². The lowest BCUT2D eigenvalue weighted by atomic mass is 10.1. The molecule has 2 atom stereocenters. The van der Waals surface area contributed by atoms with E-state index in [2.05, 4.69) is 5.32 Å². The van der Waals surface area contributed by atoms with Gasteiger partial charge in [-0.15, -0.1) is 0 Å². The molecule has 3 aromatic carbocycles. The standard InChI is InChI=1S/C26H21Cl2NO7/c1-14-3-12-20(13-15(14)2)29-23(30)21(35-25(33)16-4-8-18(27)9-5-16)22(24(31)32)36-26(34)17-6-10-19(28)11-7-17/h3-13,21-22H,1-2H3,(H,29,30)(H,31,32)/t21-,22-/m1/s1. The van der Waals surface area contributed by atoms with Crippen LogP contribution in [-0.4, -0.2) is 41.1 Å². The number of rotatable bonds is 8. The number of halogens is 2. The lowest BCUT2D eigenvalue weighted by Crippen LogP contribution is -2.48. The van der Waals surface area contributed by atoms with E-state index in [0.29, 0.717) is 15.7 Å². The molecule has 2 N–H and O–H groups in total. The number of anilines is 1. The van der Waals surface area contributed by atoms with Crippen LogP contribution in [0.4, 0.5) is 5.69 Å². The molecule has 0 bridgehead atoms. The maximum atomic E-state index is 13.2. The molecular weight excluding hydrogens is 509 g/mol. The van der Waals surface area contributed by atoms with Crippen molar-refractivity contribution < 1.29 is 33.8 Å². The Hall–Kier alpha value is -3.88. The van der Waals surface area contributed by atoms with Gasteiger partial charge in [-0.2, -0.15) is 0 Å². The number of carboxylic acid groups (broad SMARTS) is 1. The summed E-state index contributed by atoms with van der Waals surface area (Å²) in [7, 11) is 0. The zero-order chi connectivity index (χ0) is 26.4. The van der Waals surface area contributed by atoms with Crippen LogP contribution in [-0.2, 0) is 19.1 Å². The number of aryl methyl sites for hydroxylation is 2. The molecule has 0 radical (unpaired) electrons. The van der Waals surface area contributed by atoms with Gasteiger partial charge in [0.05, 0.1) is 11.1 Å². The predicted molar refractivity (Wildman–Crippen MR) is 133 cm³/mol. The van der Waals surface area contributed by atoms with Crippen molar-refractivity contribution in [1.29, 1.82) is 0 Å². The quantitative estimate of drug-likeness (QED) is 0.390. The average Bonchev–Trinajstić information content (AvgIpc) is 2.84. The minimum Gasteiger partial charge on any atom is -0.478 e. The van der Waals surface area contributed by atoms with E-state index in [4.69, 9.17) is 32.7 Å². The summed E-state index contributed by atoms with van der Waals surface area (Å²) in [5, 5.41) is 13.0. The first kappa shape index (κ1) is 26.7. The number of ether oxygens (including phenoxy) is 2. The van der Waals surface area contributed by atoms with Gasteiger partial charge in [-0.05, 0) is 85.6 Å². The lowest BCUT2D eigenvalue weighted by molar-refractivity contribution is -0.157. The molecule has 0 fully saturated rings. The number of carbonyl (C=O) groups excluding carboxylic acids is 3. The molecule has 10 heteroatoms. The van der Waals surface area contributed by atoms with Gasteiger partial charge >= 0.3 is 17.9 Å². The van der Waals surface area contributed by atoms with E-state index in [1.807, 2.05) is 13.8 Å². The molecule has 1 amide bonds. The molecule has 0 saturated carbocycles. The van der Waals surface area contributed by atoms with Gasteiger partial charge < -0.3 is 19.9 Å². The predicted octanol–water partition coefficient (Wildman–Crippen LogP) is 5.08. The number of amides is 1. The molecule has 0 spiro atoms. The topological polar surface area (TPSA) is 119 Å². The third-order valence-electron chi connectivity index (χ3n) is 5.18. The van der Waals surface area contributed by atoms with Gasteiger partial charge in [0.25, 0.3) is 5.91 Å². The van der Waals surface area contributed by atoms with E-state index in [1.165, 1.54) is 48.5 Å². The fourth-order valence-electron chi connectivity index (χ4n) is 3.07. The largest absolute Gasteiger partial charge is 0.478 e. The Bertz CT molecular complexity index is 1290. The van der Waals surface area contributed by atoms with Crippen LogP contribution in [0.1, 0.15) is 31.8 Å². The van der Waals surface area contributed by atoms with Crippen LogP contribution >= 0.6 is 23.2 Å². The van der Waals surface area contributed by atoms with Crippen molar-refractivity contribution in [2.75, 3.05) is 5.32 Å². The number of carboxylic acids is 1. The second kappa shape index (κ2) is 11.7. The number of esters is 2. The Kier molecular flexibility index (Phi) is 8.68. The minimum atomic E-state index is -2.16. The van der Waals surface area contributed by atoms with E-state index in [9.17, 15) is 24.3 Å². The molecule has 0 heterocycles. The first-order chi connectivity index (χ1) is 17.0. The molecule has 0 aliphatic heterocycles. The molecule has 0 saturated heterocycles. The highest BCUT2D eigenvalue weighted by atomic mass is 35.5. The Balaban J connectivity index is 1.92. The van der Waals surface area contributed by atoms with Gasteiger partial charge in [-0.3, -0.25) is 4.79 Å². The summed E-state index contributed by atoms with van der Waals surface area (Å²) in [6, 6.07) is 16.1. The highest BCUT2D eigenvalue weighted by Crippen LogP contribution is 2.19. The maximum Gasteiger partial charge on any atom is 0.349 e. The summed E-state index contributed by atoms with van der Waals surface area (Å²) >= 11 is 11.7. The Labute approximate surface area is 216 Å². The van der Waals surface area contributed by atoms with Crippen molar-refractivity contribution in [2.45, 2.75) is 26.1 Å². The number of hydrogen-bond acceptors (Lipinski definition) is 6. The Morgan fingerprint density at radius 1 is 0.722 bits per heavy atom. The van der Waals surface area contributed by atoms with Crippen molar-refractivity contribution in [2.24, 2.45) is 0 Å². The van der Waals surface area contributed by atoms with Crippen molar-refractivity contribution in [3.63, 3.8) is 0 Å². The number of benzene rings is 3. The summed E-state index contributed by atoms with van der Waals surface area (Å²) < 4.78 is 10.4. The van der Waals surface area contributed by atoms with Crippen LogP contribution in [0.15, 0.2) is 66.7 Å². The van der Waals surface area contributed by atoms with Crippen LogP contribution < -0.4 is 5.32 Å². The minimum absolute atomic E-state index is 0.0107. The molecule has 0 aliphatic rings. The highest BCUT2D eigenvalue weighted by molar-refractivity contribution is 6.31. The Morgan fingerprint density at radius 2 is 1.19 bits per heavy atom. The molecule has 36 heavy (non-hydrogen) atoms. The molecule has 8 nitrogen and oxygen atoms in total. The van der Waals surface area contributed by atoms with Crippen LogP contribution in [0.25, 0.3) is 0 Å². The summed E-state index contributed by atoms with van der Waals surface area (Å²) in [5.41, 5.74) is 2.17. The van der Waals surface area contributed by atoms with Crippen molar-refractivity contribution in [1.82, 2.24) is 0 Å². The molecular formula is C26H21Cl2NO7. The number of nitrogens with one attached hydrogen (secondary N) is 1. The number of aliphatic carboxylic acids is 1. The van der Waals surface area contributed by atoms with Crippen LogP contribution in [0.5, 0.6) is 0 Å². The molecule has 3 aromatic rings. The monoisotopic (exact) mass is 529 g/mol. The van der Waals surface area contributed by atoms with Crippen molar-refractivity contribution in [3.05, 3.63) is 99.0 Å². The number of carbonyl (C=O) groups is 4. The highest BCUT2D eigenvalue weighted by Gasteiger charge is 2.41. The van der Waals surface area contributed by atoms with E-state index < -0.39 is 36.0 Å². The van der Waals surface area contributed by atoms with Crippen molar-refractivity contribution >= 4 is 52.7 Å². The molecule has 0 aromatic heterocycles. The van der Waals surface area contributed by atoms with Gasteiger partial charge in [0.1, 0.15) is 0 Å². The van der Waals surface area contributed by atoms with E-state index in [-0.39, 0.29) is 11.1 Å².